The average Bonchev–Trinajstić information content (AvgIpc) is 3.32. The molecule has 0 N–H and O–H groups in total. The van der Waals surface area contributed by atoms with Crippen molar-refractivity contribution in [1.82, 2.24) is 24.9 Å². The minimum Gasteiger partial charge on any atom is -0.228 e. The molecule has 0 fully saturated rings. The summed E-state index contributed by atoms with van der Waals surface area (Å²) in [5.74, 6) is 2.65. The third-order valence-electron chi connectivity index (χ3n) is 10.4. The summed E-state index contributed by atoms with van der Waals surface area (Å²) in [6, 6.07) is 73.0. The average molecular weight is 742 g/mol. The van der Waals surface area contributed by atoms with Gasteiger partial charge in [0.1, 0.15) is 0 Å². The van der Waals surface area contributed by atoms with Gasteiger partial charge in [0.25, 0.3) is 0 Å². The van der Waals surface area contributed by atoms with Crippen molar-refractivity contribution in [3.05, 3.63) is 212 Å². The smallest absolute Gasteiger partial charge is 0.164 e. The van der Waals surface area contributed by atoms with E-state index in [2.05, 4.69) is 115 Å². The van der Waals surface area contributed by atoms with Crippen LogP contribution in [0.2, 0.25) is 0 Å². The summed E-state index contributed by atoms with van der Waals surface area (Å²) < 4.78 is 0. The van der Waals surface area contributed by atoms with Gasteiger partial charge < -0.3 is 0 Å². The van der Waals surface area contributed by atoms with Gasteiger partial charge in [-0.1, -0.05) is 200 Å². The quantitative estimate of drug-likeness (QED) is 0.155. The Labute approximate surface area is 337 Å². The largest absolute Gasteiger partial charge is 0.228 e. The standard InChI is InChI=1S/C53H35N5/c1-5-14-38(15-6-1)48-35-49(55-50(54-48)40-16-7-2-8-17-40)39-28-24-36(25-29-39)44-32-33-47-45(34-44)22-13-23-46(47)37-26-30-43(31-27-37)53-57-51(41-18-9-3-10-19-41)56-52(58-53)42-20-11-4-12-21-42/h1-35H. The zero-order valence-electron chi connectivity index (χ0n) is 31.4. The molecule has 5 heteroatoms. The van der Waals surface area contributed by atoms with Gasteiger partial charge in [-0.25, -0.2) is 24.9 Å². The molecular weight excluding hydrogens is 707 g/mol. The maximum atomic E-state index is 5.02. The van der Waals surface area contributed by atoms with Crippen molar-refractivity contribution in [2.45, 2.75) is 0 Å². The van der Waals surface area contributed by atoms with Crippen LogP contribution in [0, 0.1) is 0 Å². The fourth-order valence-electron chi connectivity index (χ4n) is 7.35. The highest BCUT2D eigenvalue weighted by Crippen LogP contribution is 2.35. The Bertz CT molecular complexity index is 2890. The van der Waals surface area contributed by atoms with Crippen LogP contribution in [-0.2, 0) is 0 Å². The summed E-state index contributed by atoms with van der Waals surface area (Å²) in [4.78, 5) is 24.6. The molecule has 8 aromatic carbocycles. The third kappa shape index (κ3) is 7.04. The van der Waals surface area contributed by atoms with Gasteiger partial charge in [0.05, 0.1) is 11.4 Å². The molecule has 272 valence electrons. The maximum Gasteiger partial charge on any atom is 0.164 e. The van der Waals surface area contributed by atoms with E-state index in [-0.39, 0.29) is 0 Å². The summed E-state index contributed by atoms with van der Waals surface area (Å²) in [5, 5.41) is 2.37. The van der Waals surface area contributed by atoms with E-state index in [4.69, 9.17) is 24.9 Å². The molecule has 2 heterocycles. The van der Waals surface area contributed by atoms with E-state index in [1.807, 2.05) is 97.1 Å². The van der Waals surface area contributed by atoms with Crippen LogP contribution in [0.5, 0.6) is 0 Å². The summed E-state index contributed by atoms with van der Waals surface area (Å²) in [7, 11) is 0. The monoisotopic (exact) mass is 741 g/mol. The molecule has 5 nitrogen and oxygen atoms in total. The van der Waals surface area contributed by atoms with Crippen molar-refractivity contribution >= 4 is 10.8 Å². The van der Waals surface area contributed by atoms with Crippen molar-refractivity contribution in [3.8, 4) is 90.3 Å². The first-order valence-electron chi connectivity index (χ1n) is 19.3. The Kier molecular flexibility index (Phi) is 9.14. The topological polar surface area (TPSA) is 64.5 Å². The van der Waals surface area contributed by atoms with E-state index < -0.39 is 0 Å². The zero-order chi connectivity index (χ0) is 38.7. The van der Waals surface area contributed by atoms with E-state index >= 15 is 0 Å². The molecule has 58 heavy (non-hydrogen) atoms. The number of rotatable bonds is 8. The summed E-state index contributed by atoms with van der Waals surface area (Å²) >= 11 is 0. The van der Waals surface area contributed by atoms with Gasteiger partial charge in [0, 0.05) is 33.4 Å². The van der Waals surface area contributed by atoms with E-state index in [9.17, 15) is 0 Å². The number of hydrogen-bond acceptors (Lipinski definition) is 5. The van der Waals surface area contributed by atoms with Crippen LogP contribution in [0.15, 0.2) is 212 Å². The Morgan fingerprint density at radius 1 is 0.224 bits per heavy atom. The van der Waals surface area contributed by atoms with Crippen molar-refractivity contribution < 1.29 is 0 Å². The van der Waals surface area contributed by atoms with E-state index in [1.54, 1.807) is 0 Å². The first kappa shape index (κ1) is 34.6. The van der Waals surface area contributed by atoms with Crippen LogP contribution in [-0.4, -0.2) is 24.9 Å². The van der Waals surface area contributed by atoms with Crippen molar-refractivity contribution in [2.75, 3.05) is 0 Å². The third-order valence-corrected chi connectivity index (χ3v) is 10.4. The van der Waals surface area contributed by atoms with Crippen LogP contribution >= 0.6 is 0 Å². The predicted molar refractivity (Wildman–Crippen MR) is 236 cm³/mol. The molecule has 0 saturated heterocycles. The Morgan fingerprint density at radius 3 is 1.12 bits per heavy atom. The van der Waals surface area contributed by atoms with Gasteiger partial charge in [-0.05, 0) is 45.2 Å². The molecule has 2 aromatic heterocycles. The number of nitrogens with zero attached hydrogens (tertiary/aromatic N) is 5. The lowest BCUT2D eigenvalue weighted by atomic mass is 9.94. The minimum absolute atomic E-state index is 0.640. The van der Waals surface area contributed by atoms with Crippen LogP contribution in [0.3, 0.4) is 0 Å². The maximum absolute atomic E-state index is 5.02. The van der Waals surface area contributed by atoms with Crippen molar-refractivity contribution in [3.63, 3.8) is 0 Å². The predicted octanol–water partition coefficient (Wildman–Crippen LogP) is 13.2. The molecule has 0 atom stereocenters. The second-order valence-electron chi connectivity index (χ2n) is 14.1. The van der Waals surface area contributed by atoms with Crippen LogP contribution in [0.4, 0.5) is 0 Å². The summed E-state index contributed by atoms with van der Waals surface area (Å²) in [6.45, 7) is 0. The zero-order valence-corrected chi connectivity index (χ0v) is 31.4. The second kappa shape index (κ2) is 15.3. The lowest BCUT2D eigenvalue weighted by Crippen LogP contribution is -2.00. The van der Waals surface area contributed by atoms with E-state index in [0.717, 1.165) is 61.5 Å². The molecule has 0 radical (unpaired) electrons. The van der Waals surface area contributed by atoms with E-state index in [1.165, 1.54) is 16.3 Å². The number of fused-ring (bicyclic) bond motifs is 1. The molecule has 0 aliphatic carbocycles. The number of benzene rings is 8. The fraction of sp³-hybridized carbons (Fsp3) is 0. The van der Waals surface area contributed by atoms with Gasteiger partial charge in [-0.2, -0.15) is 0 Å². The molecule has 0 aliphatic heterocycles. The molecule has 10 aromatic rings. The van der Waals surface area contributed by atoms with Crippen molar-refractivity contribution in [2.24, 2.45) is 0 Å². The minimum atomic E-state index is 0.640. The molecule has 0 unspecified atom stereocenters. The molecule has 0 spiro atoms. The van der Waals surface area contributed by atoms with Gasteiger partial charge in [0.2, 0.25) is 0 Å². The fourth-order valence-corrected chi connectivity index (χ4v) is 7.35. The SMILES string of the molecule is c1ccc(-c2cc(-c3ccc(-c4ccc5c(-c6ccc(-c7nc(-c8ccccc8)nc(-c8ccccc8)n7)cc6)cccc5c4)cc3)nc(-c3ccccc3)n2)cc1. The van der Waals surface area contributed by atoms with Crippen LogP contribution in [0.25, 0.3) is 101 Å². The Balaban J connectivity index is 0.947. The van der Waals surface area contributed by atoms with Gasteiger partial charge >= 0.3 is 0 Å². The normalized spacial score (nSPS) is 11.1. The molecule has 0 amide bonds. The van der Waals surface area contributed by atoms with Crippen LogP contribution < -0.4 is 0 Å². The highest BCUT2D eigenvalue weighted by molar-refractivity contribution is 5.99. The first-order chi connectivity index (χ1) is 28.7. The van der Waals surface area contributed by atoms with Gasteiger partial charge in [-0.3, -0.25) is 0 Å². The second-order valence-corrected chi connectivity index (χ2v) is 14.1. The molecule has 10 rings (SSSR count). The van der Waals surface area contributed by atoms with E-state index in [0.29, 0.717) is 23.3 Å². The highest BCUT2D eigenvalue weighted by Gasteiger charge is 2.14. The lowest BCUT2D eigenvalue weighted by Gasteiger charge is -2.12. The summed E-state index contributed by atoms with van der Waals surface area (Å²) in [6.07, 6.45) is 0. The number of hydrogen-bond donors (Lipinski definition) is 0. The molecule has 0 saturated carbocycles. The van der Waals surface area contributed by atoms with Gasteiger partial charge in [0.15, 0.2) is 23.3 Å². The Morgan fingerprint density at radius 2 is 0.603 bits per heavy atom. The number of aromatic nitrogens is 5. The van der Waals surface area contributed by atoms with Crippen LogP contribution in [0.1, 0.15) is 0 Å². The first-order valence-corrected chi connectivity index (χ1v) is 19.3. The highest BCUT2D eigenvalue weighted by atomic mass is 15.0. The molecule has 0 bridgehead atoms. The van der Waals surface area contributed by atoms with Gasteiger partial charge in [-0.15, -0.1) is 0 Å². The van der Waals surface area contributed by atoms with Crippen molar-refractivity contribution in [1.29, 1.82) is 0 Å². The summed E-state index contributed by atoms with van der Waals surface area (Å²) in [5.41, 5.74) is 12.3. The lowest BCUT2D eigenvalue weighted by molar-refractivity contribution is 1.07. The molecule has 0 aliphatic rings. The Hall–Kier alpha value is -7.89. The molecular formula is C53H35N5.